The minimum absolute atomic E-state index is 0. The van der Waals surface area contributed by atoms with Crippen molar-refractivity contribution in [2.45, 2.75) is 45.7 Å². The van der Waals surface area contributed by atoms with Crippen LogP contribution in [0.1, 0.15) is 53.2 Å². The van der Waals surface area contributed by atoms with Crippen molar-refractivity contribution in [1.29, 1.82) is 0 Å². The van der Waals surface area contributed by atoms with Gasteiger partial charge in [0.25, 0.3) is 0 Å². The first-order valence-corrected chi connectivity index (χ1v) is 23.4. The summed E-state index contributed by atoms with van der Waals surface area (Å²) in [6, 6.07) is 28.8. The predicted octanol–water partition coefficient (Wildman–Crippen LogP) is 13.2. The van der Waals surface area contributed by atoms with Crippen molar-refractivity contribution in [2.75, 3.05) is 62.4 Å². The zero-order valence-corrected chi connectivity index (χ0v) is 42.0. The first-order valence-electron chi connectivity index (χ1n) is 23.0. The third kappa shape index (κ3) is 12.6. The average molecular weight is 1070 g/mol. The number of alkyl halides is 6. The van der Waals surface area contributed by atoms with E-state index in [2.05, 4.69) is 35.2 Å². The number of fused-ring (bicyclic) bond motifs is 2. The monoisotopic (exact) mass is 1070 g/mol. The number of likely N-dealkylation sites (N-methyl/N-ethyl adjacent to an activating group) is 2. The lowest BCUT2D eigenvalue weighted by Crippen LogP contribution is -2.35. The van der Waals surface area contributed by atoms with E-state index in [1.54, 1.807) is 62.6 Å². The van der Waals surface area contributed by atoms with Crippen LogP contribution in [0, 0.1) is 13.8 Å². The van der Waals surface area contributed by atoms with Gasteiger partial charge in [-0.15, -0.1) is 0 Å². The summed E-state index contributed by atoms with van der Waals surface area (Å²) in [5.41, 5.74) is 11.9. The van der Waals surface area contributed by atoms with Gasteiger partial charge in [-0.1, -0.05) is 43.8 Å². The third-order valence-electron chi connectivity index (χ3n) is 12.2. The Labute approximate surface area is 440 Å². The Hall–Kier alpha value is -8.39. The minimum atomic E-state index is -4.48. The fourth-order valence-electron chi connectivity index (χ4n) is 8.53. The fourth-order valence-corrected chi connectivity index (χ4v) is 8.65. The first-order chi connectivity index (χ1) is 35.8. The summed E-state index contributed by atoms with van der Waals surface area (Å²) in [5.74, 6) is 3.26. The smallest absolute Gasteiger partial charge is 0.416 e. The van der Waals surface area contributed by atoms with Gasteiger partial charge in [0.05, 0.1) is 49.8 Å². The number of ether oxygens (including phenoxy) is 4. The van der Waals surface area contributed by atoms with Crippen LogP contribution in [0.15, 0.2) is 134 Å². The number of halogens is 7. The van der Waals surface area contributed by atoms with Gasteiger partial charge in [0, 0.05) is 72.5 Å². The predicted molar refractivity (Wildman–Crippen MR) is 282 cm³/mol. The van der Waals surface area contributed by atoms with E-state index in [1.165, 1.54) is 36.7 Å². The zero-order chi connectivity index (χ0) is 53.6. The standard InChI is InChI=1S/C27H24F3N5O2.C14H11ClF3N3O.C13H14N2O.CH4/c1-16-12-17(10-11-31-16)19-9-8-18(13-23(19)36-3)33-26-32-14-24-25(34-26)35(2)22(15-37-24)20-6-4-5-7-21(20)27(28,29)30;1-21-10(7-22-11-6-19-13(15)20-12(11)21)8-4-2-3-5-9(8)14(16,17)18;1-9-7-10(5-6-15-9)12-4-3-11(14)8-13(12)16-2;/h4-14,22H,15H2,1-3H3,(H,32,33,34);2-6,10H,7H2,1H3;3-8H,14H2,1-2H3;1H4. The van der Waals surface area contributed by atoms with Gasteiger partial charge in [-0.3, -0.25) is 9.97 Å². The van der Waals surface area contributed by atoms with Crippen molar-refractivity contribution in [1.82, 2.24) is 29.9 Å². The molecule has 2 unspecified atom stereocenters. The maximum Gasteiger partial charge on any atom is 0.416 e. The highest BCUT2D eigenvalue weighted by atomic mass is 35.5. The number of hydrogen-bond donors (Lipinski definition) is 2. The summed E-state index contributed by atoms with van der Waals surface area (Å²) in [6.07, 6.45) is -2.45. The lowest BCUT2D eigenvalue weighted by molar-refractivity contribution is -0.139. The molecule has 14 nitrogen and oxygen atoms in total. The lowest BCUT2D eigenvalue weighted by atomic mass is 9.98. The molecule has 21 heteroatoms. The molecular formula is C55H53ClF6N10O4. The van der Waals surface area contributed by atoms with Gasteiger partial charge in [-0.2, -0.15) is 36.3 Å². The Bertz CT molecular complexity index is 3310. The summed E-state index contributed by atoms with van der Waals surface area (Å²) in [4.78, 5) is 28.4. The lowest BCUT2D eigenvalue weighted by Gasteiger charge is -2.36. The number of nitrogens with two attached hydrogens (primary N) is 1. The van der Waals surface area contributed by atoms with E-state index >= 15 is 0 Å². The number of aryl methyl sites for hydroxylation is 2. The number of anilines is 5. The molecule has 4 aromatic heterocycles. The Morgan fingerprint density at radius 3 is 1.59 bits per heavy atom. The van der Waals surface area contributed by atoms with Crippen LogP contribution < -0.4 is 39.8 Å². The molecule has 76 heavy (non-hydrogen) atoms. The number of aromatic nitrogens is 6. The normalized spacial score (nSPS) is 14.6. The summed E-state index contributed by atoms with van der Waals surface area (Å²) < 4.78 is 103. The largest absolute Gasteiger partial charge is 0.496 e. The molecule has 0 saturated carbocycles. The molecule has 2 aliphatic rings. The Balaban J connectivity index is 0.000000182. The number of rotatable bonds is 8. The quantitative estimate of drug-likeness (QED) is 0.0841. The second-order valence-electron chi connectivity index (χ2n) is 17.1. The second-order valence-corrected chi connectivity index (χ2v) is 17.5. The van der Waals surface area contributed by atoms with E-state index < -0.39 is 35.6 Å². The molecule has 8 aromatic rings. The summed E-state index contributed by atoms with van der Waals surface area (Å²) >= 11 is 5.76. The molecule has 0 fully saturated rings. The van der Waals surface area contributed by atoms with Gasteiger partial charge in [-0.25, -0.2) is 9.97 Å². The molecule has 0 saturated heterocycles. The Kier molecular flexibility index (Phi) is 17.1. The maximum atomic E-state index is 13.6. The molecule has 0 aliphatic carbocycles. The van der Waals surface area contributed by atoms with Gasteiger partial charge >= 0.3 is 12.4 Å². The van der Waals surface area contributed by atoms with Crippen molar-refractivity contribution in [2.24, 2.45) is 0 Å². The highest BCUT2D eigenvalue weighted by Gasteiger charge is 2.40. The number of methoxy groups -OCH3 is 2. The minimum Gasteiger partial charge on any atom is -0.496 e. The molecule has 396 valence electrons. The number of nitrogens with zero attached hydrogens (tertiary/aromatic N) is 8. The SMILES string of the molecule is C.CN1c2nc(Cl)ncc2OCC1c1ccccc1C(F)(F)F.COc1cc(N)ccc1-c1ccnc(C)c1.COc1cc(Nc2ncc3c(n2)N(C)C(c2ccccc2C(F)(F)F)CO3)ccc1-c1ccnc(C)c1. The van der Waals surface area contributed by atoms with Crippen LogP contribution in [0.3, 0.4) is 0 Å². The molecule has 10 rings (SSSR count). The molecule has 0 spiro atoms. The van der Waals surface area contributed by atoms with Crippen LogP contribution in [-0.4, -0.2) is 71.4 Å². The van der Waals surface area contributed by atoms with E-state index in [0.717, 1.165) is 51.5 Å². The van der Waals surface area contributed by atoms with Crippen molar-refractivity contribution in [3.8, 4) is 45.3 Å². The topological polar surface area (TPSA) is 159 Å². The summed E-state index contributed by atoms with van der Waals surface area (Å²) in [7, 11) is 6.59. The Morgan fingerprint density at radius 2 is 1.09 bits per heavy atom. The highest BCUT2D eigenvalue weighted by Crippen LogP contribution is 2.44. The van der Waals surface area contributed by atoms with Crippen LogP contribution in [0.4, 0.5) is 55.3 Å². The van der Waals surface area contributed by atoms with E-state index in [9.17, 15) is 26.3 Å². The van der Waals surface area contributed by atoms with Gasteiger partial charge in [0.1, 0.15) is 24.7 Å². The van der Waals surface area contributed by atoms with E-state index in [-0.39, 0.29) is 43.0 Å². The van der Waals surface area contributed by atoms with Crippen molar-refractivity contribution < 1.29 is 45.3 Å². The number of nitrogen functional groups attached to an aromatic ring is 1. The van der Waals surface area contributed by atoms with Crippen molar-refractivity contribution >= 4 is 40.6 Å². The molecule has 4 aromatic carbocycles. The highest BCUT2D eigenvalue weighted by molar-refractivity contribution is 6.28. The fraction of sp³-hybridized carbons (Fsp3) is 0.236. The average Bonchev–Trinajstić information content (AvgIpc) is 3.40. The number of benzene rings is 4. The molecule has 3 N–H and O–H groups in total. The molecule has 6 heterocycles. The van der Waals surface area contributed by atoms with Gasteiger partial charge in [0.15, 0.2) is 23.1 Å². The first kappa shape index (κ1) is 55.4. The number of hydrogen-bond acceptors (Lipinski definition) is 14. The van der Waals surface area contributed by atoms with Crippen molar-refractivity contribution in [3.05, 3.63) is 173 Å². The molecular weight excluding hydrogens is 1010 g/mol. The molecule has 2 aliphatic heterocycles. The summed E-state index contributed by atoms with van der Waals surface area (Å²) in [6.45, 7) is 4.00. The van der Waals surface area contributed by atoms with Crippen LogP contribution in [0.25, 0.3) is 22.3 Å². The number of pyridine rings is 2. The maximum absolute atomic E-state index is 13.6. The molecule has 2 atom stereocenters. The van der Waals surface area contributed by atoms with Gasteiger partial charge in [-0.05, 0) is 108 Å². The van der Waals surface area contributed by atoms with Crippen LogP contribution in [0.2, 0.25) is 5.28 Å². The molecule has 0 radical (unpaired) electrons. The second kappa shape index (κ2) is 23.4. The zero-order valence-electron chi connectivity index (χ0n) is 41.2. The van der Waals surface area contributed by atoms with Crippen LogP contribution >= 0.6 is 11.6 Å². The van der Waals surface area contributed by atoms with E-state index in [1.807, 2.05) is 74.5 Å². The van der Waals surface area contributed by atoms with E-state index in [4.69, 9.17) is 36.3 Å². The van der Waals surface area contributed by atoms with E-state index in [0.29, 0.717) is 40.3 Å². The third-order valence-corrected chi connectivity index (χ3v) is 12.4. The Morgan fingerprint density at radius 1 is 0.618 bits per heavy atom. The molecule has 0 amide bonds. The molecule has 0 bridgehead atoms. The van der Waals surface area contributed by atoms with Crippen molar-refractivity contribution in [3.63, 3.8) is 0 Å². The van der Waals surface area contributed by atoms with Gasteiger partial charge < -0.3 is 39.8 Å². The van der Waals surface area contributed by atoms with Crippen LogP contribution in [-0.2, 0) is 12.4 Å². The van der Waals surface area contributed by atoms with Gasteiger partial charge in [0.2, 0.25) is 11.2 Å². The van der Waals surface area contributed by atoms with Crippen LogP contribution in [0.5, 0.6) is 23.0 Å². The number of nitrogens with one attached hydrogen (secondary N) is 1. The summed E-state index contributed by atoms with van der Waals surface area (Å²) in [5, 5.41) is 3.17.